The number of carbonyl (C=O) groups excluding carboxylic acids is 3. The van der Waals surface area contributed by atoms with Crippen LogP contribution in [0.4, 0.5) is 4.79 Å². The van der Waals surface area contributed by atoms with Crippen molar-refractivity contribution >= 4 is 34.9 Å². The number of amidine groups is 1. The number of nitrogens with zero attached hydrogens (tertiary/aromatic N) is 1. The second-order valence-electron chi connectivity index (χ2n) is 9.33. The maximum atomic E-state index is 12.8. The topological polar surface area (TPSA) is 144 Å². The van der Waals surface area contributed by atoms with Gasteiger partial charge in [-0.15, -0.1) is 0 Å². The van der Waals surface area contributed by atoms with Gasteiger partial charge in [-0.25, -0.2) is 9.78 Å². The Kier molecular flexibility index (Phi) is 9.07. The van der Waals surface area contributed by atoms with Crippen LogP contribution in [0.2, 0.25) is 0 Å². The predicted octanol–water partition coefficient (Wildman–Crippen LogP) is 4.71. The molecule has 0 unspecified atom stereocenters. The normalized spacial score (nSPS) is 17.0. The summed E-state index contributed by atoms with van der Waals surface area (Å²) in [6, 6.07) is 12.5. The molecule has 1 aliphatic rings. The first-order valence-electron chi connectivity index (χ1n) is 12.8. The molecule has 1 saturated carbocycles. The molecule has 0 radical (unpaired) electrons. The summed E-state index contributed by atoms with van der Waals surface area (Å²) >= 11 is 0. The molecule has 1 fully saturated rings. The van der Waals surface area contributed by atoms with Gasteiger partial charge in [-0.3, -0.25) is 20.3 Å². The molecule has 38 heavy (non-hydrogen) atoms. The van der Waals surface area contributed by atoms with Crippen molar-refractivity contribution in [1.29, 1.82) is 5.41 Å². The summed E-state index contributed by atoms with van der Waals surface area (Å²) in [5.41, 5.74) is 1.45. The number of aromatic nitrogens is 1. The van der Waals surface area contributed by atoms with Gasteiger partial charge in [0.05, 0.1) is 6.61 Å². The van der Waals surface area contributed by atoms with Crippen LogP contribution in [-0.2, 0) is 20.9 Å². The Hall–Kier alpha value is -4.21. The van der Waals surface area contributed by atoms with Gasteiger partial charge in [-0.2, -0.15) is 0 Å². The first kappa shape index (κ1) is 26.8. The molecule has 3 N–H and O–H groups in total. The summed E-state index contributed by atoms with van der Waals surface area (Å²) in [5.74, 6) is -0.0585. The van der Waals surface area contributed by atoms with Gasteiger partial charge in [0.15, 0.2) is 5.76 Å². The molecule has 2 amide bonds. The maximum Gasteiger partial charge on any atom is 0.413 e. The van der Waals surface area contributed by atoms with Crippen molar-refractivity contribution in [2.75, 3.05) is 6.61 Å². The van der Waals surface area contributed by atoms with Crippen molar-refractivity contribution in [2.24, 2.45) is 5.92 Å². The molecule has 10 nitrogen and oxygen atoms in total. The number of esters is 1. The summed E-state index contributed by atoms with van der Waals surface area (Å²) in [6.45, 7) is 2.30. The zero-order chi connectivity index (χ0) is 26.9. The highest BCUT2D eigenvalue weighted by Crippen LogP contribution is 2.28. The molecule has 3 aromatic rings. The summed E-state index contributed by atoms with van der Waals surface area (Å²) in [7, 11) is 0. The molecule has 200 valence electrons. The van der Waals surface area contributed by atoms with Crippen LogP contribution >= 0.6 is 0 Å². The van der Waals surface area contributed by atoms with E-state index in [2.05, 4.69) is 15.6 Å². The summed E-state index contributed by atoms with van der Waals surface area (Å²) in [6.07, 6.45) is 5.45. The van der Waals surface area contributed by atoms with Crippen molar-refractivity contribution in [3.05, 3.63) is 65.5 Å². The van der Waals surface area contributed by atoms with Gasteiger partial charge in [0, 0.05) is 29.6 Å². The van der Waals surface area contributed by atoms with Crippen molar-refractivity contribution in [3.63, 3.8) is 0 Å². The van der Waals surface area contributed by atoms with E-state index in [1.807, 2.05) is 30.3 Å². The zero-order valence-corrected chi connectivity index (χ0v) is 21.3. The lowest BCUT2D eigenvalue weighted by atomic mass is 9.83. The van der Waals surface area contributed by atoms with Gasteiger partial charge in [0.1, 0.15) is 12.4 Å². The molecular weight excluding hydrogens is 488 g/mol. The van der Waals surface area contributed by atoms with E-state index in [9.17, 15) is 14.4 Å². The van der Waals surface area contributed by atoms with E-state index < -0.39 is 6.09 Å². The number of alkyl carbamates (subject to hydrolysis) is 1. The molecule has 2 heterocycles. The van der Waals surface area contributed by atoms with Crippen LogP contribution in [0.3, 0.4) is 0 Å². The van der Waals surface area contributed by atoms with E-state index in [-0.39, 0.29) is 41.8 Å². The van der Waals surface area contributed by atoms with Crippen LogP contribution < -0.4 is 10.6 Å². The summed E-state index contributed by atoms with van der Waals surface area (Å²) in [5, 5.41) is 14.1. The number of nitrogens with one attached hydrogen (secondary N) is 3. The van der Waals surface area contributed by atoms with Crippen LogP contribution in [0.5, 0.6) is 0 Å². The number of furan rings is 1. The lowest BCUT2D eigenvalue weighted by Gasteiger charge is -2.28. The number of pyridine rings is 1. The standard InChI is InChI=1S/C28H32N4O6/c1-2-36-24(33)13-10-18-8-11-22(12-9-18)31-26(34)23-15-20-14-21(16-30-27(20)38-23)25(29)32-28(35)37-17-19-6-4-3-5-7-19/h3-7,14-16,18,22H,2,8-13,17H2,1H3,(H,31,34)(H2,29,32,35)/t18-,22-. The highest BCUT2D eigenvalue weighted by atomic mass is 16.5. The molecule has 0 bridgehead atoms. The Balaban J connectivity index is 1.26. The summed E-state index contributed by atoms with van der Waals surface area (Å²) < 4.78 is 15.8. The minimum atomic E-state index is -0.748. The largest absolute Gasteiger partial charge is 0.466 e. The molecule has 0 aliphatic heterocycles. The molecule has 0 atom stereocenters. The van der Waals surface area contributed by atoms with Crippen LogP contribution in [0.15, 0.2) is 53.1 Å². The van der Waals surface area contributed by atoms with Crippen molar-refractivity contribution in [3.8, 4) is 0 Å². The average molecular weight is 521 g/mol. The number of carbonyl (C=O) groups is 3. The van der Waals surface area contributed by atoms with Crippen LogP contribution in [-0.4, -0.2) is 41.4 Å². The first-order valence-corrected chi connectivity index (χ1v) is 12.8. The van der Waals surface area contributed by atoms with E-state index in [0.717, 1.165) is 37.7 Å². The minimum absolute atomic E-state index is 0.0392. The molecular formula is C28H32N4O6. The van der Waals surface area contributed by atoms with Gasteiger partial charge in [-0.05, 0) is 62.6 Å². The Morgan fingerprint density at radius 2 is 1.84 bits per heavy atom. The summed E-state index contributed by atoms with van der Waals surface area (Å²) in [4.78, 5) is 40.6. The fourth-order valence-corrected chi connectivity index (χ4v) is 4.52. The molecule has 4 rings (SSSR count). The van der Waals surface area contributed by atoms with Gasteiger partial charge >= 0.3 is 12.1 Å². The fourth-order valence-electron chi connectivity index (χ4n) is 4.52. The molecule has 10 heteroatoms. The molecule has 0 saturated heterocycles. The fraction of sp³-hybridized carbons (Fsp3) is 0.393. The highest BCUT2D eigenvalue weighted by molar-refractivity contribution is 6.06. The second kappa shape index (κ2) is 12.8. The van der Waals surface area contributed by atoms with Gasteiger partial charge in [0.25, 0.3) is 5.91 Å². The van der Waals surface area contributed by atoms with Crippen molar-refractivity contribution < 1.29 is 28.3 Å². The van der Waals surface area contributed by atoms with Crippen molar-refractivity contribution in [2.45, 2.75) is 58.1 Å². The Labute approximate surface area is 220 Å². The van der Waals surface area contributed by atoms with Crippen LogP contribution in [0.25, 0.3) is 11.1 Å². The smallest absolute Gasteiger partial charge is 0.413 e. The number of fused-ring (bicyclic) bond motifs is 1. The van der Waals surface area contributed by atoms with E-state index in [0.29, 0.717) is 29.9 Å². The number of ether oxygens (including phenoxy) is 2. The van der Waals surface area contributed by atoms with E-state index in [4.69, 9.17) is 19.3 Å². The number of rotatable bonds is 9. The quantitative estimate of drug-likeness (QED) is 0.211. The lowest BCUT2D eigenvalue weighted by molar-refractivity contribution is -0.143. The van der Waals surface area contributed by atoms with E-state index in [1.165, 1.54) is 6.20 Å². The highest BCUT2D eigenvalue weighted by Gasteiger charge is 2.25. The minimum Gasteiger partial charge on any atom is -0.466 e. The van der Waals surface area contributed by atoms with Gasteiger partial charge in [0.2, 0.25) is 5.71 Å². The number of amides is 2. The molecule has 2 aromatic heterocycles. The van der Waals surface area contributed by atoms with Crippen LogP contribution in [0.1, 0.15) is 67.1 Å². The third-order valence-electron chi connectivity index (χ3n) is 6.57. The number of benzene rings is 1. The van der Waals surface area contributed by atoms with Gasteiger partial charge in [-0.1, -0.05) is 30.3 Å². The lowest BCUT2D eigenvalue weighted by Crippen LogP contribution is -2.37. The van der Waals surface area contributed by atoms with E-state index >= 15 is 0 Å². The Morgan fingerprint density at radius 3 is 2.58 bits per heavy atom. The third-order valence-corrected chi connectivity index (χ3v) is 6.57. The number of hydrogen-bond acceptors (Lipinski definition) is 8. The average Bonchev–Trinajstić information content (AvgIpc) is 3.36. The molecule has 1 aliphatic carbocycles. The predicted molar refractivity (Wildman–Crippen MR) is 140 cm³/mol. The second-order valence-corrected chi connectivity index (χ2v) is 9.33. The maximum absolute atomic E-state index is 12.8. The van der Waals surface area contributed by atoms with Gasteiger partial charge < -0.3 is 19.2 Å². The van der Waals surface area contributed by atoms with Crippen LogP contribution in [0, 0.1) is 11.3 Å². The third kappa shape index (κ3) is 7.41. The molecule has 0 spiro atoms. The number of hydrogen-bond donors (Lipinski definition) is 3. The SMILES string of the molecule is CCOC(=O)CC[C@H]1CC[C@H](NC(=O)c2cc3cc(C(=N)NC(=O)OCc4ccccc4)cnc3o2)CC1. The monoisotopic (exact) mass is 520 g/mol. The zero-order valence-electron chi connectivity index (χ0n) is 21.3. The Bertz CT molecular complexity index is 1280. The van der Waals surface area contributed by atoms with E-state index in [1.54, 1.807) is 19.1 Å². The first-order chi connectivity index (χ1) is 18.4. The molecule has 1 aromatic carbocycles. The Morgan fingerprint density at radius 1 is 1.08 bits per heavy atom. The van der Waals surface area contributed by atoms with Crippen molar-refractivity contribution in [1.82, 2.24) is 15.6 Å².